The molecule has 0 bridgehead atoms. The van der Waals surface area contributed by atoms with Gasteiger partial charge in [-0.3, -0.25) is 19.0 Å². The summed E-state index contributed by atoms with van der Waals surface area (Å²) in [5.41, 5.74) is 5.04. The van der Waals surface area contributed by atoms with Gasteiger partial charge in [0.25, 0.3) is 5.56 Å². The molecule has 0 spiro atoms. The lowest BCUT2D eigenvalue weighted by Gasteiger charge is -2.24. The van der Waals surface area contributed by atoms with Crippen molar-refractivity contribution in [3.05, 3.63) is 34.4 Å². The van der Waals surface area contributed by atoms with Gasteiger partial charge in [0.05, 0.1) is 26.1 Å². The molecule has 1 aromatic carbocycles. The summed E-state index contributed by atoms with van der Waals surface area (Å²) >= 11 is 0. The Morgan fingerprint density at radius 2 is 2.29 bits per heavy atom. The fourth-order valence-corrected chi connectivity index (χ4v) is 2.34. The maximum absolute atomic E-state index is 13.0. The van der Waals surface area contributed by atoms with Crippen molar-refractivity contribution in [2.24, 2.45) is 0 Å². The number of nitrogen functional groups attached to an aromatic ring is 1. The number of anilines is 1. The number of hydrogen-bond donors (Lipinski definition) is 1. The lowest BCUT2D eigenvalue weighted by atomic mass is 9.92. The molecule has 108 valence electrons. The number of carbonyl (C=O) groups is 2. The first-order valence-electron chi connectivity index (χ1n) is 8.45. The first-order chi connectivity index (χ1) is 11.6. The van der Waals surface area contributed by atoms with E-state index in [1.54, 1.807) is 0 Å². The molecule has 1 aliphatic carbocycles. The van der Waals surface area contributed by atoms with Crippen LogP contribution in [0.5, 0.6) is 0 Å². The highest BCUT2D eigenvalue weighted by atomic mass is 16.2. The third-order valence-corrected chi connectivity index (χ3v) is 3.31. The van der Waals surface area contributed by atoms with Gasteiger partial charge in [0, 0.05) is 14.8 Å². The molecule has 6 heteroatoms. The molecule has 3 unspecified atom stereocenters. The predicted molar refractivity (Wildman–Crippen MR) is 78.1 cm³/mol. The molecule has 3 atom stereocenters. The van der Waals surface area contributed by atoms with E-state index in [1.165, 1.54) is 19.1 Å². The van der Waals surface area contributed by atoms with Crippen molar-refractivity contribution in [1.82, 2.24) is 9.55 Å². The first kappa shape index (κ1) is 9.44. The maximum atomic E-state index is 13.0. The minimum atomic E-state index is -2.45. The van der Waals surface area contributed by atoms with Crippen LogP contribution in [-0.4, -0.2) is 21.1 Å². The molecule has 21 heavy (non-hydrogen) atoms. The number of ketones is 2. The lowest BCUT2D eigenvalue weighted by Crippen LogP contribution is -2.36. The van der Waals surface area contributed by atoms with Gasteiger partial charge >= 0.3 is 0 Å². The second-order valence-electron chi connectivity index (χ2n) is 4.74. The SMILES string of the molecule is [2H]c1ccc(N)c2c(=O)n(C3([2H])C(=O)CC(=O)C([2H])C3[2H])c(C)nc12. The molecule has 3 rings (SSSR count). The third-order valence-electron chi connectivity index (χ3n) is 3.31. The number of hydrogen-bond acceptors (Lipinski definition) is 5. The van der Waals surface area contributed by atoms with Crippen molar-refractivity contribution in [3.8, 4) is 0 Å². The molecule has 2 N–H and O–H groups in total. The fourth-order valence-electron chi connectivity index (χ4n) is 2.34. The number of nitrogens with zero attached hydrogens (tertiary/aromatic N) is 2. The molecule has 1 fully saturated rings. The zero-order chi connectivity index (χ0) is 18.7. The summed E-state index contributed by atoms with van der Waals surface area (Å²) in [7, 11) is 0. The number of carbonyl (C=O) groups excluding carboxylic acids is 2. The van der Waals surface area contributed by atoms with Crippen LogP contribution in [0.4, 0.5) is 5.69 Å². The first-order valence-corrected chi connectivity index (χ1v) is 6.30. The Labute approximate surface area is 126 Å². The van der Waals surface area contributed by atoms with Gasteiger partial charge < -0.3 is 5.73 Å². The Bertz CT molecular complexity index is 990. The number of nitrogens with two attached hydrogens (primary N) is 1. The van der Waals surface area contributed by atoms with Crippen molar-refractivity contribution in [1.29, 1.82) is 0 Å². The molecule has 2 aromatic rings. The minimum Gasteiger partial charge on any atom is -0.398 e. The van der Waals surface area contributed by atoms with E-state index in [2.05, 4.69) is 4.98 Å². The summed E-state index contributed by atoms with van der Waals surface area (Å²) in [6.45, 7) is 1.37. The van der Waals surface area contributed by atoms with E-state index in [0.717, 1.165) is 4.57 Å². The van der Waals surface area contributed by atoms with Crippen LogP contribution in [0.25, 0.3) is 10.9 Å². The van der Waals surface area contributed by atoms with Crippen LogP contribution in [0.2, 0.25) is 0 Å². The number of Topliss-reactive ketones (excluding diaryl/α,β-unsaturated/α-hetero) is 2. The van der Waals surface area contributed by atoms with E-state index in [1.807, 2.05) is 0 Å². The van der Waals surface area contributed by atoms with Gasteiger partial charge in [-0.15, -0.1) is 0 Å². The summed E-state index contributed by atoms with van der Waals surface area (Å²) in [6.07, 6.45) is -4.08. The highest BCUT2D eigenvalue weighted by Crippen LogP contribution is 2.24. The van der Waals surface area contributed by atoms with Crippen LogP contribution in [-0.2, 0) is 9.59 Å². The van der Waals surface area contributed by atoms with E-state index in [0.29, 0.717) is 0 Å². The molecule has 1 saturated carbocycles. The molecule has 6 nitrogen and oxygen atoms in total. The average Bonchev–Trinajstić information content (AvgIpc) is 2.54. The standard InChI is InChI=1S/C15H15N3O3/c1-8-17-11-4-2-3-10(16)14(11)15(21)18(8)12-6-5-9(19)7-13(12)20/h2-4,12H,5-7,16H2,1H3/i4D,5D,6D,12D. The quantitative estimate of drug-likeness (QED) is 0.627. The lowest BCUT2D eigenvalue weighted by molar-refractivity contribution is -0.132. The maximum Gasteiger partial charge on any atom is 0.264 e. The summed E-state index contributed by atoms with van der Waals surface area (Å²) in [5.74, 6) is -1.74. The van der Waals surface area contributed by atoms with E-state index < -0.39 is 42.4 Å². The van der Waals surface area contributed by atoms with Crippen LogP contribution < -0.4 is 11.3 Å². The second kappa shape index (κ2) is 4.80. The zero-order valence-corrected chi connectivity index (χ0v) is 11.2. The summed E-state index contributed by atoms with van der Waals surface area (Å²) in [6, 6.07) is 0.234. The van der Waals surface area contributed by atoms with Crippen molar-refractivity contribution in [2.75, 3.05) is 5.73 Å². The van der Waals surface area contributed by atoms with Gasteiger partial charge in [-0.05, 0) is 25.4 Å². The summed E-state index contributed by atoms with van der Waals surface area (Å²) in [4.78, 5) is 41.2. The van der Waals surface area contributed by atoms with Gasteiger partial charge in [0.15, 0.2) is 5.78 Å². The Balaban J connectivity index is 2.40. The summed E-state index contributed by atoms with van der Waals surface area (Å²) in [5, 5.41) is -0.122. The van der Waals surface area contributed by atoms with E-state index in [9.17, 15) is 14.4 Å². The number of aryl methyl sites for hydroxylation is 1. The van der Waals surface area contributed by atoms with Crippen molar-refractivity contribution < 1.29 is 15.1 Å². The van der Waals surface area contributed by atoms with Crippen LogP contribution >= 0.6 is 0 Å². The molecule has 1 aromatic heterocycles. The topological polar surface area (TPSA) is 95.0 Å². The monoisotopic (exact) mass is 289 g/mol. The molecule has 0 amide bonds. The van der Waals surface area contributed by atoms with Gasteiger partial charge in [-0.2, -0.15) is 0 Å². The predicted octanol–water partition coefficient (Wildman–Crippen LogP) is 1.15. The van der Waals surface area contributed by atoms with Crippen LogP contribution in [0.1, 0.15) is 36.5 Å². The van der Waals surface area contributed by atoms with Gasteiger partial charge in [-0.1, -0.05) is 6.07 Å². The Kier molecular flexibility index (Phi) is 2.16. The zero-order valence-electron chi connectivity index (χ0n) is 15.2. The Morgan fingerprint density at radius 3 is 3.05 bits per heavy atom. The van der Waals surface area contributed by atoms with E-state index in [-0.39, 0.29) is 28.5 Å². The smallest absolute Gasteiger partial charge is 0.264 e. The Hall–Kier alpha value is -2.50. The number of benzene rings is 1. The number of aromatic nitrogens is 2. The van der Waals surface area contributed by atoms with Crippen LogP contribution in [0.3, 0.4) is 0 Å². The molecule has 0 aliphatic heterocycles. The van der Waals surface area contributed by atoms with Gasteiger partial charge in [-0.25, -0.2) is 4.98 Å². The largest absolute Gasteiger partial charge is 0.398 e. The van der Waals surface area contributed by atoms with E-state index >= 15 is 0 Å². The molecular formula is C15H15N3O3. The Morgan fingerprint density at radius 1 is 1.52 bits per heavy atom. The highest BCUT2D eigenvalue weighted by Gasteiger charge is 2.30. The number of fused-ring (bicyclic) bond motifs is 1. The molecule has 1 heterocycles. The number of rotatable bonds is 1. The van der Waals surface area contributed by atoms with Crippen molar-refractivity contribution in [3.63, 3.8) is 0 Å². The van der Waals surface area contributed by atoms with Crippen LogP contribution in [0, 0.1) is 6.92 Å². The molecule has 1 aliphatic rings. The van der Waals surface area contributed by atoms with Crippen molar-refractivity contribution >= 4 is 28.2 Å². The fraction of sp³-hybridized carbons (Fsp3) is 0.333. The van der Waals surface area contributed by atoms with Crippen LogP contribution in [0.15, 0.2) is 23.0 Å². The third kappa shape index (κ3) is 2.12. The van der Waals surface area contributed by atoms with Crippen molar-refractivity contribution in [2.45, 2.75) is 32.2 Å². The minimum absolute atomic E-state index is 0.0316. The summed E-state index contributed by atoms with van der Waals surface area (Å²) < 4.78 is 32.9. The molecule has 0 saturated heterocycles. The molecule has 0 radical (unpaired) electrons. The van der Waals surface area contributed by atoms with Gasteiger partial charge in [0.2, 0.25) is 0 Å². The second-order valence-corrected chi connectivity index (χ2v) is 4.74. The highest BCUT2D eigenvalue weighted by molar-refractivity contribution is 6.03. The van der Waals surface area contributed by atoms with E-state index in [4.69, 9.17) is 11.2 Å². The van der Waals surface area contributed by atoms with Gasteiger partial charge in [0.1, 0.15) is 11.6 Å². The normalized spacial score (nSPS) is 32.4. The molecular weight excluding hydrogens is 270 g/mol. The average molecular weight is 289 g/mol.